The van der Waals surface area contributed by atoms with Gasteiger partial charge in [-0.1, -0.05) is 20.3 Å². The van der Waals surface area contributed by atoms with E-state index in [0.29, 0.717) is 11.8 Å². The Morgan fingerprint density at radius 1 is 1.26 bits per heavy atom. The van der Waals surface area contributed by atoms with Crippen LogP contribution >= 0.6 is 0 Å². The molecule has 1 aliphatic carbocycles. The molecule has 0 aromatic carbocycles. The lowest BCUT2D eigenvalue weighted by Gasteiger charge is -2.37. The molecule has 2 fully saturated rings. The molecule has 110 valence electrons. The highest BCUT2D eigenvalue weighted by Crippen LogP contribution is 2.36. The number of likely N-dealkylation sites (tertiary alicyclic amines) is 1. The van der Waals surface area contributed by atoms with Gasteiger partial charge in [-0.25, -0.2) is 0 Å². The van der Waals surface area contributed by atoms with E-state index in [1.54, 1.807) is 0 Å². The average Bonchev–Trinajstić information content (AvgIpc) is 2.71. The Balaban J connectivity index is 1.94. The van der Waals surface area contributed by atoms with Crippen LogP contribution in [0.4, 0.5) is 0 Å². The molecule has 0 N–H and O–H groups in total. The molecule has 1 saturated carbocycles. The summed E-state index contributed by atoms with van der Waals surface area (Å²) in [5.74, 6) is 0.792. The summed E-state index contributed by atoms with van der Waals surface area (Å²) >= 11 is 0. The summed E-state index contributed by atoms with van der Waals surface area (Å²) in [6, 6.07) is 0.660. The summed E-state index contributed by atoms with van der Waals surface area (Å²) in [6.45, 7) is 7.57. The van der Waals surface area contributed by atoms with Crippen LogP contribution in [0.15, 0.2) is 0 Å². The van der Waals surface area contributed by atoms with Crippen molar-refractivity contribution >= 4 is 5.78 Å². The molecule has 3 heteroatoms. The predicted octanol–water partition coefficient (Wildman–Crippen LogP) is 2.41. The lowest BCUT2D eigenvalue weighted by Crippen LogP contribution is -2.45. The van der Waals surface area contributed by atoms with Gasteiger partial charge < -0.3 is 4.90 Å². The van der Waals surface area contributed by atoms with Gasteiger partial charge in [0.25, 0.3) is 0 Å². The van der Waals surface area contributed by atoms with Crippen LogP contribution in [0.25, 0.3) is 0 Å². The molecule has 19 heavy (non-hydrogen) atoms. The van der Waals surface area contributed by atoms with Crippen molar-refractivity contribution in [3.8, 4) is 0 Å². The molecule has 1 heterocycles. The minimum Gasteiger partial charge on any atom is -0.308 e. The lowest BCUT2D eigenvalue weighted by atomic mass is 9.71. The molecule has 2 unspecified atom stereocenters. The van der Waals surface area contributed by atoms with Crippen LogP contribution in [0.1, 0.15) is 46.0 Å². The summed E-state index contributed by atoms with van der Waals surface area (Å²) in [7, 11) is 4.29. The Morgan fingerprint density at radius 3 is 2.68 bits per heavy atom. The molecular weight excluding hydrogens is 236 g/mol. The number of likely N-dealkylation sites (N-methyl/N-ethyl adjacent to an activating group) is 1. The minimum atomic E-state index is -0.0836. The van der Waals surface area contributed by atoms with Gasteiger partial charge in [0.15, 0.2) is 0 Å². The van der Waals surface area contributed by atoms with Crippen molar-refractivity contribution in [2.75, 3.05) is 33.7 Å². The Morgan fingerprint density at radius 2 is 2.00 bits per heavy atom. The summed E-state index contributed by atoms with van der Waals surface area (Å²) in [5, 5.41) is 0. The van der Waals surface area contributed by atoms with Gasteiger partial charge >= 0.3 is 0 Å². The predicted molar refractivity (Wildman–Crippen MR) is 79.3 cm³/mol. The molecule has 1 saturated heterocycles. The first-order chi connectivity index (χ1) is 8.90. The first-order valence-electron chi connectivity index (χ1n) is 7.83. The van der Waals surface area contributed by atoms with Gasteiger partial charge in [-0.05, 0) is 46.3 Å². The first-order valence-corrected chi connectivity index (χ1v) is 7.83. The van der Waals surface area contributed by atoms with Crippen molar-refractivity contribution in [2.24, 2.45) is 11.3 Å². The van der Waals surface area contributed by atoms with Gasteiger partial charge in [0, 0.05) is 30.5 Å². The highest BCUT2D eigenvalue weighted by Gasteiger charge is 2.39. The second-order valence-electron chi connectivity index (χ2n) is 7.39. The van der Waals surface area contributed by atoms with E-state index in [0.717, 1.165) is 25.9 Å². The molecule has 0 radical (unpaired) electrons. The minimum absolute atomic E-state index is 0.0836. The largest absolute Gasteiger partial charge is 0.308 e. The Hall–Kier alpha value is -0.410. The summed E-state index contributed by atoms with van der Waals surface area (Å²) in [5.41, 5.74) is -0.0836. The molecule has 0 amide bonds. The third-order valence-corrected chi connectivity index (χ3v) is 4.92. The Bertz CT molecular complexity index is 325. The van der Waals surface area contributed by atoms with E-state index < -0.39 is 0 Å². The van der Waals surface area contributed by atoms with E-state index in [-0.39, 0.29) is 11.3 Å². The van der Waals surface area contributed by atoms with E-state index in [1.165, 1.54) is 25.8 Å². The van der Waals surface area contributed by atoms with Crippen molar-refractivity contribution in [1.82, 2.24) is 9.80 Å². The zero-order valence-corrected chi connectivity index (χ0v) is 13.1. The Kier molecular flexibility index (Phi) is 4.67. The molecule has 2 atom stereocenters. The fourth-order valence-electron chi connectivity index (χ4n) is 3.82. The maximum Gasteiger partial charge on any atom is 0.142 e. The summed E-state index contributed by atoms with van der Waals surface area (Å²) in [6.07, 6.45) is 5.98. The topological polar surface area (TPSA) is 23.6 Å². The van der Waals surface area contributed by atoms with Crippen LogP contribution in [0, 0.1) is 11.3 Å². The lowest BCUT2D eigenvalue weighted by molar-refractivity contribution is -0.135. The maximum absolute atomic E-state index is 12.5. The van der Waals surface area contributed by atoms with E-state index in [9.17, 15) is 4.79 Å². The Labute approximate surface area is 118 Å². The molecule has 2 rings (SSSR count). The number of nitrogens with zero attached hydrogens (tertiary/aromatic N) is 2. The van der Waals surface area contributed by atoms with Crippen molar-refractivity contribution in [3.05, 3.63) is 0 Å². The highest BCUT2D eigenvalue weighted by molar-refractivity contribution is 5.87. The molecule has 0 spiro atoms. The van der Waals surface area contributed by atoms with Crippen LogP contribution in [0.2, 0.25) is 0 Å². The second kappa shape index (κ2) is 5.92. The normalized spacial score (nSPS) is 32.2. The van der Waals surface area contributed by atoms with Crippen LogP contribution < -0.4 is 0 Å². The number of carbonyl (C=O) groups is 1. The van der Waals surface area contributed by atoms with Crippen LogP contribution in [0.3, 0.4) is 0 Å². The number of rotatable bonds is 4. The van der Waals surface area contributed by atoms with Crippen molar-refractivity contribution in [3.63, 3.8) is 0 Å². The van der Waals surface area contributed by atoms with Crippen molar-refractivity contribution in [1.29, 1.82) is 0 Å². The highest BCUT2D eigenvalue weighted by atomic mass is 16.1. The van der Waals surface area contributed by atoms with Gasteiger partial charge in [0.1, 0.15) is 5.78 Å². The molecule has 3 nitrogen and oxygen atoms in total. The van der Waals surface area contributed by atoms with E-state index in [1.807, 2.05) is 0 Å². The third-order valence-electron chi connectivity index (χ3n) is 4.92. The van der Waals surface area contributed by atoms with Gasteiger partial charge in [-0.2, -0.15) is 0 Å². The number of hydrogen-bond acceptors (Lipinski definition) is 3. The fourth-order valence-corrected chi connectivity index (χ4v) is 3.82. The third kappa shape index (κ3) is 3.57. The number of ketones is 1. The maximum atomic E-state index is 12.5. The standard InChI is InChI=1S/C16H30N2O/c1-16(2)9-5-7-13(15(16)19)11-18-10-6-8-14(18)12-17(3)4/h13-14H,5-12H2,1-4H3. The molecular formula is C16H30N2O. The number of Topliss-reactive ketones (excluding diaryl/α,β-unsaturated/α-hetero) is 1. The SMILES string of the molecule is CN(C)CC1CCCN1CC1CCCC(C)(C)C1=O. The van der Waals surface area contributed by atoms with Crippen molar-refractivity contribution < 1.29 is 4.79 Å². The molecule has 1 aliphatic heterocycles. The number of carbonyl (C=O) groups excluding carboxylic acids is 1. The fraction of sp³-hybridized carbons (Fsp3) is 0.938. The van der Waals surface area contributed by atoms with Gasteiger partial charge in [-0.15, -0.1) is 0 Å². The zero-order valence-electron chi connectivity index (χ0n) is 13.1. The van der Waals surface area contributed by atoms with Gasteiger partial charge in [0.2, 0.25) is 0 Å². The molecule has 0 bridgehead atoms. The van der Waals surface area contributed by atoms with Crippen molar-refractivity contribution in [2.45, 2.75) is 52.0 Å². The van der Waals surface area contributed by atoms with Crippen LogP contribution in [-0.4, -0.2) is 55.4 Å². The van der Waals surface area contributed by atoms with Crippen LogP contribution in [0.5, 0.6) is 0 Å². The van der Waals surface area contributed by atoms with Gasteiger partial charge in [0.05, 0.1) is 0 Å². The van der Waals surface area contributed by atoms with Gasteiger partial charge in [-0.3, -0.25) is 9.69 Å². The van der Waals surface area contributed by atoms with E-state index in [2.05, 4.69) is 37.7 Å². The van der Waals surface area contributed by atoms with E-state index >= 15 is 0 Å². The summed E-state index contributed by atoms with van der Waals surface area (Å²) < 4.78 is 0. The second-order valence-corrected chi connectivity index (χ2v) is 7.39. The summed E-state index contributed by atoms with van der Waals surface area (Å²) in [4.78, 5) is 17.4. The average molecular weight is 266 g/mol. The van der Waals surface area contributed by atoms with E-state index in [4.69, 9.17) is 0 Å². The number of hydrogen-bond donors (Lipinski definition) is 0. The first kappa shape index (κ1) is 15.0. The van der Waals surface area contributed by atoms with Crippen LogP contribution in [-0.2, 0) is 4.79 Å². The monoisotopic (exact) mass is 266 g/mol. The molecule has 0 aromatic rings. The molecule has 0 aromatic heterocycles. The molecule has 2 aliphatic rings. The zero-order chi connectivity index (χ0) is 14.0. The quantitative estimate of drug-likeness (QED) is 0.781. The smallest absolute Gasteiger partial charge is 0.142 e.